The van der Waals surface area contributed by atoms with E-state index in [-0.39, 0.29) is 17.1 Å². The molecule has 24 heavy (non-hydrogen) atoms. The Bertz CT molecular complexity index is 669. The van der Waals surface area contributed by atoms with Crippen molar-refractivity contribution in [3.8, 4) is 11.8 Å². The number of piperidine rings is 1. The van der Waals surface area contributed by atoms with Gasteiger partial charge in [-0.25, -0.2) is 14.2 Å². The van der Waals surface area contributed by atoms with Gasteiger partial charge in [-0.2, -0.15) is 0 Å². The normalized spacial score (nSPS) is 30.0. The number of nitrogens with one attached hydrogen (secondary N) is 2. The molecule has 4 N–H and O–H groups in total. The van der Waals surface area contributed by atoms with Gasteiger partial charge in [-0.3, -0.25) is 10.3 Å². The maximum Gasteiger partial charge on any atom is 0.174 e. The van der Waals surface area contributed by atoms with Crippen molar-refractivity contribution >= 4 is 0 Å². The van der Waals surface area contributed by atoms with Crippen LogP contribution in [0.4, 0.5) is 8.78 Å². The molecule has 6 heteroatoms. The van der Waals surface area contributed by atoms with Gasteiger partial charge in [0, 0.05) is 31.1 Å². The van der Waals surface area contributed by atoms with Gasteiger partial charge in [0.1, 0.15) is 5.66 Å². The van der Waals surface area contributed by atoms with E-state index in [9.17, 15) is 8.78 Å². The van der Waals surface area contributed by atoms with Gasteiger partial charge in [0.2, 0.25) is 0 Å². The second kappa shape index (κ2) is 6.41. The molecule has 2 unspecified atom stereocenters. The van der Waals surface area contributed by atoms with Gasteiger partial charge in [0.15, 0.2) is 11.6 Å². The number of hydrogen-bond donors (Lipinski definition) is 3. The third-order valence-corrected chi connectivity index (χ3v) is 4.93. The molecule has 0 aromatic heterocycles. The van der Waals surface area contributed by atoms with E-state index >= 15 is 0 Å². The molecule has 2 atom stereocenters. The van der Waals surface area contributed by atoms with Crippen LogP contribution in [-0.2, 0) is 0 Å². The predicted octanol–water partition coefficient (Wildman–Crippen LogP) is 1.71. The standard InChI is InChI=1S/C18H24F2N4/c1-13-12-18(23-22-13,24-10-8-17(2,21)9-11-24)7-6-14-4-3-5-15(19)16(14)20/h3-5,13,22-23H,8-12,21H2,1-2H3. The molecule has 4 nitrogen and oxygen atoms in total. The Kier molecular flexibility index (Phi) is 4.63. The highest BCUT2D eigenvalue weighted by atomic mass is 19.2. The Morgan fingerprint density at radius 1 is 1.29 bits per heavy atom. The molecular formula is C18H24F2N4. The lowest BCUT2D eigenvalue weighted by Gasteiger charge is -2.44. The number of hydrogen-bond acceptors (Lipinski definition) is 4. The summed E-state index contributed by atoms with van der Waals surface area (Å²) in [7, 11) is 0. The summed E-state index contributed by atoms with van der Waals surface area (Å²) in [5.41, 5.74) is 12.0. The fraction of sp³-hybridized carbons (Fsp3) is 0.556. The van der Waals surface area contributed by atoms with Crippen molar-refractivity contribution in [3.05, 3.63) is 35.4 Å². The number of halogens is 2. The van der Waals surface area contributed by atoms with Crippen molar-refractivity contribution in [2.24, 2.45) is 5.73 Å². The molecule has 0 saturated carbocycles. The summed E-state index contributed by atoms with van der Waals surface area (Å²) < 4.78 is 27.3. The minimum Gasteiger partial charge on any atom is -0.325 e. The third-order valence-electron chi connectivity index (χ3n) is 4.93. The number of likely N-dealkylation sites (tertiary alicyclic amines) is 1. The number of hydrazine groups is 1. The molecule has 2 heterocycles. The van der Waals surface area contributed by atoms with E-state index in [4.69, 9.17) is 5.73 Å². The summed E-state index contributed by atoms with van der Waals surface area (Å²) in [4.78, 5) is 2.25. The van der Waals surface area contributed by atoms with Crippen molar-refractivity contribution in [1.29, 1.82) is 0 Å². The van der Waals surface area contributed by atoms with Crippen molar-refractivity contribution in [3.63, 3.8) is 0 Å². The largest absolute Gasteiger partial charge is 0.325 e. The molecule has 2 aliphatic rings. The zero-order valence-electron chi connectivity index (χ0n) is 14.1. The molecule has 0 radical (unpaired) electrons. The lowest BCUT2D eigenvalue weighted by Crippen LogP contribution is -2.61. The first-order valence-electron chi connectivity index (χ1n) is 8.35. The van der Waals surface area contributed by atoms with Crippen LogP contribution >= 0.6 is 0 Å². The van der Waals surface area contributed by atoms with Crippen molar-refractivity contribution < 1.29 is 8.78 Å². The number of rotatable bonds is 1. The Morgan fingerprint density at radius 2 is 2.00 bits per heavy atom. The van der Waals surface area contributed by atoms with Gasteiger partial charge < -0.3 is 5.73 Å². The van der Waals surface area contributed by atoms with Crippen LogP contribution in [0.25, 0.3) is 0 Å². The maximum absolute atomic E-state index is 13.9. The smallest absolute Gasteiger partial charge is 0.174 e. The van der Waals surface area contributed by atoms with Crippen LogP contribution in [0.5, 0.6) is 0 Å². The summed E-state index contributed by atoms with van der Waals surface area (Å²) in [5, 5.41) is 0. The van der Waals surface area contributed by atoms with E-state index in [0.717, 1.165) is 38.4 Å². The Labute approximate surface area is 141 Å². The highest BCUT2D eigenvalue weighted by Crippen LogP contribution is 2.29. The quantitative estimate of drug-likeness (QED) is 0.685. The van der Waals surface area contributed by atoms with Crippen molar-refractivity contribution in [2.45, 2.75) is 50.4 Å². The van der Waals surface area contributed by atoms with Crippen molar-refractivity contribution in [1.82, 2.24) is 15.8 Å². The van der Waals surface area contributed by atoms with Crippen molar-refractivity contribution in [2.75, 3.05) is 13.1 Å². The minimum atomic E-state index is -0.896. The average molecular weight is 334 g/mol. The average Bonchev–Trinajstić information content (AvgIpc) is 2.91. The highest BCUT2D eigenvalue weighted by molar-refractivity contribution is 5.38. The maximum atomic E-state index is 13.9. The number of benzene rings is 1. The number of nitrogens with zero attached hydrogens (tertiary/aromatic N) is 1. The second-order valence-corrected chi connectivity index (χ2v) is 7.23. The molecule has 2 aliphatic heterocycles. The zero-order chi connectivity index (χ0) is 17.4. The first-order valence-corrected chi connectivity index (χ1v) is 8.35. The van der Waals surface area contributed by atoms with E-state index in [1.165, 1.54) is 12.1 Å². The summed E-state index contributed by atoms with van der Waals surface area (Å²) in [5.74, 6) is 4.22. The lowest BCUT2D eigenvalue weighted by atomic mass is 9.88. The molecule has 130 valence electrons. The van der Waals surface area contributed by atoms with Gasteiger partial charge in [0.25, 0.3) is 0 Å². The van der Waals surface area contributed by atoms with Gasteiger partial charge >= 0.3 is 0 Å². The van der Waals surface area contributed by atoms with Crippen LogP contribution in [-0.4, -0.2) is 35.2 Å². The van der Waals surface area contributed by atoms with Crippen LogP contribution in [0, 0.1) is 23.5 Å². The van der Waals surface area contributed by atoms with E-state index in [2.05, 4.69) is 41.4 Å². The molecule has 0 bridgehead atoms. The lowest BCUT2D eigenvalue weighted by molar-refractivity contribution is 0.0688. The third kappa shape index (κ3) is 3.45. The first-order chi connectivity index (χ1) is 11.3. The minimum absolute atomic E-state index is 0.0800. The summed E-state index contributed by atoms with van der Waals surface area (Å²) in [6, 6.07) is 4.31. The van der Waals surface area contributed by atoms with Crippen LogP contribution in [0.2, 0.25) is 0 Å². The van der Waals surface area contributed by atoms with E-state index < -0.39 is 17.3 Å². The second-order valence-electron chi connectivity index (χ2n) is 7.23. The fourth-order valence-corrected chi connectivity index (χ4v) is 3.33. The zero-order valence-corrected chi connectivity index (χ0v) is 14.1. The van der Waals surface area contributed by atoms with E-state index in [0.29, 0.717) is 0 Å². The number of nitrogens with two attached hydrogens (primary N) is 1. The van der Waals surface area contributed by atoms with Gasteiger partial charge in [-0.05, 0) is 38.8 Å². The monoisotopic (exact) mass is 334 g/mol. The molecule has 3 rings (SSSR count). The first kappa shape index (κ1) is 17.3. The molecule has 2 saturated heterocycles. The molecular weight excluding hydrogens is 310 g/mol. The van der Waals surface area contributed by atoms with Crippen LogP contribution in [0.15, 0.2) is 18.2 Å². The van der Waals surface area contributed by atoms with Crippen LogP contribution in [0.3, 0.4) is 0 Å². The molecule has 1 aromatic rings. The predicted molar refractivity (Wildman–Crippen MR) is 89.7 cm³/mol. The fourth-order valence-electron chi connectivity index (χ4n) is 3.33. The molecule has 0 spiro atoms. The SMILES string of the molecule is CC1CC(C#Cc2cccc(F)c2F)(N2CCC(C)(N)CC2)NN1. The Hall–Kier alpha value is -1.52. The molecule has 2 fully saturated rings. The molecule has 1 aromatic carbocycles. The van der Waals surface area contributed by atoms with Gasteiger partial charge in [0.05, 0.1) is 5.56 Å². The molecule has 0 amide bonds. The topological polar surface area (TPSA) is 53.3 Å². The highest BCUT2D eigenvalue weighted by Gasteiger charge is 2.43. The Balaban J connectivity index is 1.88. The van der Waals surface area contributed by atoms with Gasteiger partial charge in [-0.15, -0.1) is 0 Å². The summed E-state index contributed by atoms with van der Waals surface area (Å²) in [6.45, 7) is 5.76. The van der Waals surface area contributed by atoms with E-state index in [1.54, 1.807) is 0 Å². The van der Waals surface area contributed by atoms with Crippen LogP contribution < -0.4 is 16.6 Å². The Morgan fingerprint density at radius 3 is 2.62 bits per heavy atom. The summed E-state index contributed by atoms with van der Waals surface area (Å²) >= 11 is 0. The molecule has 0 aliphatic carbocycles. The van der Waals surface area contributed by atoms with E-state index in [1.807, 2.05) is 0 Å². The van der Waals surface area contributed by atoms with Gasteiger partial charge in [-0.1, -0.05) is 17.9 Å². The summed E-state index contributed by atoms with van der Waals surface area (Å²) in [6.07, 6.45) is 2.51. The van der Waals surface area contributed by atoms with Crippen LogP contribution in [0.1, 0.15) is 38.7 Å².